The molecule has 0 amide bonds. The van der Waals surface area contributed by atoms with Crippen LogP contribution in [0, 0.1) is 0 Å². The Labute approximate surface area is 213 Å². The van der Waals surface area contributed by atoms with Gasteiger partial charge in [-0.15, -0.1) is 0 Å². The van der Waals surface area contributed by atoms with E-state index >= 15 is 0 Å². The standard InChI is InChI=1S/C28H26N6O3/c29-25-16-17-34(27(35)31-25)26-18-23(32-33-30)24(37-26)19-36-28(20-10-4-1-5-11-20,21-12-6-2-7-13-21)22-14-8-3-9-15-22/h1-17,23-24,26H,18-19H2,(H2,29,31,35)/t23-,24+,26+/m0/s1. The second-order valence-corrected chi connectivity index (χ2v) is 8.77. The molecule has 0 radical (unpaired) electrons. The van der Waals surface area contributed by atoms with Crippen LogP contribution in [-0.4, -0.2) is 28.3 Å². The summed E-state index contributed by atoms with van der Waals surface area (Å²) < 4.78 is 14.4. The fourth-order valence-corrected chi connectivity index (χ4v) is 4.84. The van der Waals surface area contributed by atoms with E-state index in [1.165, 1.54) is 16.8 Å². The van der Waals surface area contributed by atoms with Gasteiger partial charge in [0, 0.05) is 17.5 Å². The van der Waals surface area contributed by atoms with E-state index in [4.69, 9.17) is 15.2 Å². The normalized spacial score (nSPS) is 19.3. The number of nitrogens with two attached hydrogens (primary N) is 1. The van der Waals surface area contributed by atoms with Gasteiger partial charge in [-0.2, -0.15) is 4.98 Å². The van der Waals surface area contributed by atoms with Crippen LogP contribution in [0.4, 0.5) is 5.82 Å². The molecule has 186 valence electrons. The largest absolute Gasteiger partial charge is 0.383 e. The van der Waals surface area contributed by atoms with Crippen LogP contribution in [0.5, 0.6) is 0 Å². The Bertz CT molecular complexity index is 1340. The van der Waals surface area contributed by atoms with Crippen LogP contribution in [0.1, 0.15) is 29.3 Å². The zero-order chi connectivity index (χ0) is 25.7. The maximum Gasteiger partial charge on any atom is 0.351 e. The number of anilines is 1. The topological polar surface area (TPSA) is 128 Å². The lowest BCUT2D eigenvalue weighted by Gasteiger charge is -2.37. The summed E-state index contributed by atoms with van der Waals surface area (Å²) in [5.74, 6) is 0.129. The van der Waals surface area contributed by atoms with Gasteiger partial charge >= 0.3 is 5.69 Å². The molecule has 4 aromatic rings. The van der Waals surface area contributed by atoms with Gasteiger partial charge in [0.15, 0.2) is 0 Å². The average molecular weight is 495 g/mol. The molecule has 2 heterocycles. The van der Waals surface area contributed by atoms with Crippen LogP contribution in [0.2, 0.25) is 0 Å². The van der Waals surface area contributed by atoms with Gasteiger partial charge in [-0.1, -0.05) is 96.1 Å². The SMILES string of the molecule is [N-]=[N+]=N[C@H]1C[C@H](n2ccc(N)nc2=O)O[C@@H]1COC(c1ccccc1)(c1ccccc1)c1ccccc1. The second kappa shape index (κ2) is 10.7. The van der Waals surface area contributed by atoms with E-state index in [1.807, 2.05) is 91.0 Å². The number of aromatic nitrogens is 2. The molecule has 0 unspecified atom stereocenters. The third-order valence-electron chi connectivity index (χ3n) is 6.57. The van der Waals surface area contributed by atoms with Crippen molar-refractivity contribution in [3.05, 3.63) is 141 Å². The molecule has 1 fully saturated rings. The quantitative estimate of drug-likeness (QED) is 0.163. The zero-order valence-corrected chi connectivity index (χ0v) is 20.0. The number of nitrogens with zero attached hydrogens (tertiary/aromatic N) is 5. The van der Waals surface area contributed by atoms with Crippen molar-refractivity contribution in [3.8, 4) is 0 Å². The number of benzene rings is 3. The van der Waals surface area contributed by atoms with Crippen LogP contribution in [-0.2, 0) is 15.1 Å². The van der Waals surface area contributed by atoms with Crippen LogP contribution >= 0.6 is 0 Å². The van der Waals surface area contributed by atoms with Crippen LogP contribution < -0.4 is 11.4 Å². The summed E-state index contributed by atoms with van der Waals surface area (Å²) in [4.78, 5) is 19.2. The third kappa shape index (κ3) is 4.83. The maximum absolute atomic E-state index is 12.4. The number of ether oxygens (including phenoxy) is 2. The molecule has 0 aliphatic carbocycles. The number of nitrogen functional groups attached to an aromatic ring is 1. The first-order chi connectivity index (χ1) is 18.1. The molecule has 1 aliphatic heterocycles. The van der Waals surface area contributed by atoms with E-state index in [0.717, 1.165) is 16.7 Å². The van der Waals surface area contributed by atoms with Gasteiger partial charge in [0.2, 0.25) is 0 Å². The summed E-state index contributed by atoms with van der Waals surface area (Å²) >= 11 is 0. The summed E-state index contributed by atoms with van der Waals surface area (Å²) in [5, 5.41) is 3.96. The number of rotatable bonds is 8. The summed E-state index contributed by atoms with van der Waals surface area (Å²) in [6, 6.07) is 30.9. The van der Waals surface area contributed by atoms with Crippen LogP contribution in [0.15, 0.2) is 113 Å². The van der Waals surface area contributed by atoms with Crippen molar-refractivity contribution in [2.75, 3.05) is 12.3 Å². The Kier molecular flexibility index (Phi) is 7.00. The van der Waals surface area contributed by atoms with Gasteiger partial charge in [0.25, 0.3) is 0 Å². The van der Waals surface area contributed by atoms with E-state index < -0.39 is 29.7 Å². The summed E-state index contributed by atoms with van der Waals surface area (Å²) in [7, 11) is 0. The summed E-state index contributed by atoms with van der Waals surface area (Å²) in [6.07, 6.45) is 0.581. The lowest BCUT2D eigenvalue weighted by molar-refractivity contribution is -0.0795. The maximum atomic E-state index is 12.4. The van der Waals surface area contributed by atoms with Crippen molar-refractivity contribution >= 4 is 5.82 Å². The molecule has 1 aliphatic rings. The predicted molar refractivity (Wildman–Crippen MR) is 140 cm³/mol. The highest BCUT2D eigenvalue weighted by Crippen LogP contribution is 2.41. The van der Waals surface area contributed by atoms with E-state index in [1.54, 1.807) is 0 Å². The molecule has 2 N–H and O–H groups in total. The van der Waals surface area contributed by atoms with Gasteiger partial charge in [-0.25, -0.2) is 4.79 Å². The summed E-state index contributed by atoms with van der Waals surface area (Å²) in [6.45, 7) is 0.107. The number of hydrogen-bond acceptors (Lipinski definition) is 6. The first kappa shape index (κ1) is 24.3. The Morgan fingerprint density at radius 2 is 1.51 bits per heavy atom. The van der Waals surface area contributed by atoms with Gasteiger partial charge in [-0.3, -0.25) is 4.57 Å². The highest BCUT2D eigenvalue weighted by molar-refractivity contribution is 5.47. The zero-order valence-electron chi connectivity index (χ0n) is 20.0. The minimum atomic E-state index is -0.953. The molecule has 0 spiro atoms. The molecule has 9 nitrogen and oxygen atoms in total. The lowest BCUT2D eigenvalue weighted by Crippen LogP contribution is -2.37. The van der Waals surface area contributed by atoms with Gasteiger partial charge in [0.05, 0.1) is 18.8 Å². The molecule has 9 heteroatoms. The molecule has 1 saturated heterocycles. The monoisotopic (exact) mass is 494 g/mol. The van der Waals surface area contributed by atoms with Crippen molar-refractivity contribution < 1.29 is 9.47 Å². The number of azide groups is 1. The van der Waals surface area contributed by atoms with E-state index in [-0.39, 0.29) is 12.4 Å². The van der Waals surface area contributed by atoms with Crippen molar-refractivity contribution in [3.63, 3.8) is 0 Å². The molecule has 37 heavy (non-hydrogen) atoms. The van der Waals surface area contributed by atoms with Gasteiger partial charge in [-0.05, 0) is 28.3 Å². The van der Waals surface area contributed by atoms with Crippen molar-refractivity contribution in [2.45, 2.75) is 30.4 Å². The highest BCUT2D eigenvalue weighted by Gasteiger charge is 2.42. The number of hydrogen-bond donors (Lipinski definition) is 1. The van der Waals surface area contributed by atoms with Crippen molar-refractivity contribution in [1.29, 1.82) is 0 Å². The van der Waals surface area contributed by atoms with Crippen molar-refractivity contribution in [2.24, 2.45) is 5.11 Å². The third-order valence-corrected chi connectivity index (χ3v) is 6.57. The smallest absolute Gasteiger partial charge is 0.351 e. The van der Waals surface area contributed by atoms with Crippen LogP contribution in [0.25, 0.3) is 10.4 Å². The minimum absolute atomic E-state index is 0.107. The molecule has 3 atom stereocenters. The van der Waals surface area contributed by atoms with E-state index in [2.05, 4.69) is 15.0 Å². The molecular formula is C28H26N6O3. The van der Waals surface area contributed by atoms with Gasteiger partial charge in [0.1, 0.15) is 17.6 Å². The Hall–Kier alpha value is -4.43. The molecule has 0 bridgehead atoms. The highest BCUT2D eigenvalue weighted by atomic mass is 16.6. The summed E-state index contributed by atoms with van der Waals surface area (Å²) in [5.41, 5.74) is 16.2. The first-order valence-corrected chi connectivity index (χ1v) is 12.0. The second-order valence-electron chi connectivity index (χ2n) is 8.77. The first-order valence-electron chi connectivity index (χ1n) is 12.0. The van der Waals surface area contributed by atoms with Crippen molar-refractivity contribution in [1.82, 2.24) is 9.55 Å². The average Bonchev–Trinajstić information content (AvgIpc) is 3.33. The predicted octanol–water partition coefficient (Wildman–Crippen LogP) is 4.80. The Morgan fingerprint density at radius 3 is 2.00 bits per heavy atom. The lowest BCUT2D eigenvalue weighted by atomic mass is 9.80. The molecule has 0 saturated carbocycles. The van der Waals surface area contributed by atoms with Crippen LogP contribution in [0.3, 0.4) is 0 Å². The Balaban J connectivity index is 1.53. The fourth-order valence-electron chi connectivity index (χ4n) is 4.84. The minimum Gasteiger partial charge on any atom is -0.383 e. The Morgan fingerprint density at radius 1 is 0.973 bits per heavy atom. The van der Waals surface area contributed by atoms with E-state index in [9.17, 15) is 10.3 Å². The molecule has 1 aromatic heterocycles. The molecule has 3 aromatic carbocycles. The molecular weight excluding hydrogens is 468 g/mol. The van der Waals surface area contributed by atoms with E-state index in [0.29, 0.717) is 6.42 Å². The van der Waals surface area contributed by atoms with Gasteiger partial charge < -0.3 is 15.2 Å². The fraction of sp³-hybridized carbons (Fsp3) is 0.214. The molecule has 5 rings (SSSR count).